The van der Waals surface area contributed by atoms with E-state index in [9.17, 15) is 8.42 Å². The van der Waals surface area contributed by atoms with E-state index >= 15 is 0 Å². The van der Waals surface area contributed by atoms with Gasteiger partial charge in [-0.05, 0) is 42.5 Å². The number of rotatable bonds is 5. The van der Waals surface area contributed by atoms with Crippen molar-refractivity contribution in [3.8, 4) is 0 Å². The second-order valence-corrected chi connectivity index (χ2v) is 8.63. The molecule has 1 atom stereocenters. The molecular formula is C20H24N2O2S. The minimum Gasteiger partial charge on any atom is -0.346 e. The van der Waals surface area contributed by atoms with Crippen molar-refractivity contribution >= 4 is 9.84 Å². The lowest BCUT2D eigenvalue weighted by Gasteiger charge is -2.31. The van der Waals surface area contributed by atoms with Crippen molar-refractivity contribution in [1.29, 1.82) is 0 Å². The highest BCUT2D eigenvalue weighted by Gasteiger charge is 2.24. The summed E-state index contributed by atoms with van der Waals surface area (Å²) >= 11 is 0. The number of sulfone groups is 1. The van der Waals surface area contributed by atoms with Gasteiger partial charge in [0.2, 0.25) is 0 Å². The molecule has 2 aliphatic rings. The number of hydrogen-bond acceptors (Lipinski definition) is 4. The standard InChI is InChI=1S/C20H24N2O2S/c1-15(2)20(21)18-9-6-16(7-10-18)5-8-17-4-3-11-22-12-13-25(23,24)14-19(17)22/h3-4,6-7,9-11,14,20H,1,5,8,12-13,21H2,2H3. The molecule has 1 unspecified atom stereocenters. The molecule has 132 valence electrons. The third kappa shape index (κ3) is 4.11. The molecule has 0 fully saturated rings. The fourth-order valence-electron chi connectivity index (χ4n) is 3.07. The number of nitrogens with two attached hydrogens (primary N) is 1. The number of nitrogens with zero attached hydrogens (tertiary/aromatic N) is 1. The van der Waals surface area contributed by atoms with Gasteiger partial charge in [-0.25, -0.2) is 8.42 Å². The molecule has 2 heterocycles. The van der Waals surface area contributed by atoms with Crippen LogP contribution in [0.2, 0.25) is 0 Å². The first-order valence-corrected chi connectivity index (χ1v) is 10.2. The Labute approximate surface area is 149 Å². The Morgan fingerprint density at radius 2 is 2.00 bits per heavy atom. The SMILES string of the molecule is C=C(C)C(N)c1ccc(CCC2=CC=CN3CCS(=O)(=O)C=C23)cc1. The molecule has 0 bridgehead atoms. The van der Waals surface area contributed by atoms with E-state index in [0.717, 1.165) is 35.2 Å². The average Bonchev–Trinajstić information content (AvgIpc) is 2.59. The molecule has 2 aliphatic heterocycles. The van der Waals surface area contributed by atoms with Gasteiger partial charge in [-0.2, -0.15) is 0 Å². The molecule has 0 radical (unpaired) electrons. The Balaban J connectivity index is 1.71. The van der Waals surface area contributed by atoms with Crippen molar-refractivity contribution in [3.05, 3.63) is 82.6 Å². The summed E-state index contributed by atoms with van der Waals surface area (Å²) < 4.78 is 23.8. The van der Waals surface area contributed by atoms with Crippen LogP contribution < -0.4 is 5.73 Å². The third-order valence-electron chi connectivity index (χ3n) is 4.66. The molecule has 1 aromatic carbocycles. The summed E-state index contributed by atoms with van der Waals surface area (Å²) in [6, 6.07) is 8.12. The second-order valence-electron chi connectivity index (χ2n) is 6.66. The zero-order valence-electron chi connectivity index (χ0n) is 14.5. The van der Waals surface area contributed by atoms with Crippen molar-refractivity contribution in [2.24, 2.45) is 5.73 Å². The molecule has 5 heteroatoms. The second kappa shape index (κ2) is 7.02. The first kappa shape index (κ1) is 17.7. The molecular weight excluding hydrogens is 332 g/mol. The van der Waals surface area contributed by atoms with Gasteiger partial charge in [-0.15, -0.1) is 0 Å². The highest BCUT2D eigenvalue weighted by Crippen LogP contribution is 2.28. The van der Waals surface area contributed by atoms with Crippen LogP contribution in [-0.4, -0.2) is 25.6 Å². The van der Waals surface area contributed by atoms with E-state index in [2.05, 4.69) is 18.7 Å². The Morgan fingerprint density at radius 1 is 1.28 bits per heavy atom. The van der Waals surface area contributed by atoms with Crippen molar-refractivity contribution in [2.45, 2.75) is 25.8 Å². The fourth-order valence-corrected chi connectivity index (χ4v) is 4.27. The van der Waals surface area contributed by atoms with Crippen molar-refractivity contribution in [3.63, 3.8) is 0 Å². The maximum absolute atomic E-state index is 11.9. The Bertz CT molecular complexity index is 861. The summed E-state index contributed by atoms with van der Waals surface area (Å²) in [6.07, 6.45) is 7.59. The van der Waals surface area contributed by atoms with Crippen LogP contribution in [0.3, 0.4) is 0 Å². The van der Waals surface area contributed by atoms with Crippen molar-refractivity contribution < 1.29 is 8.42 Å². The zero-order valence-corrected chi connectivity index (χ0v) is 15.3. The first-order valence-electron chi connectivity index (χ1n) is 8.44. The Kier molecular flexibility index (Phi) is 4.97. The smallest absolute Gasteiger partial charge is 0.175 e. The molecule has 4 nitrogen and oxygen atoms in total. The molecule has 0 aliphatic carbocycles. The monoisotopic (exact) mass is 356 g/mol. The van der Waals surface area contributed by atoms with Crippen molar-refractivity contribution in [2.75, 3.05) is 12.3 Å². The molecule has 2 N–H and O–H groups in total. The van der Waals surface area contributed by atoms with Crippen molar-refractivity contribution in [1.82, 2.24) is 4.90 Å². The molecule has 1 aromatic rings. The maximum Gasteiger partial charge on any atom is 0.175 e. The minimum absolute atomic E-state index is 0.133. The molecule has 0 saturated carbocycles. The van der Waals surface area contributed by atoms with E-state index in [-0.39, 0.29) is 11.8 Å². The van der Waals surface area contributed by atoms with Gasteiger partial charge < -0.3 is 10.6 Å². The summed E-state index contributed by atoms with van der Waals surface area (Å²) in [5.41, 5.74) is 11.2. The summed E-state index contributed by atoms with van der Waals surface area (Å²) in [6.45, 7) is 6.36. The van der Waals surface area contributed by atoms with E-state index < -0.39 is 9.84 Å². The van der Waals surface area contributed by atoms with Gasteiger partial charge in [0.25, 0.3) is 0 Å². The lowest BCUT2D eigenvalue weighted by atomic mass is 9.97. The van der Waals surface area contributed by atoms with Crippen LogP contribution in [0.5, 0.6) is 0 Å². The lowest BCUT2D eigenvalue weighted by molar-refractivity contribution is 0.478. The van der Waals surface area contributed by atoms with Crippen LogP contribution in [0.15, 0.2) is 71.4 Å². The van der Waals surface area contributed by atoms with Crippen LogP contribution in [0, 0.1) is 0 Å². The molecule has 25 heavy (non-hydrogen) atoms. The molecule has 0 aromatic heterocycles. The van der Waals surface area contributed by atoms with Crippen LogP contribution in [-0.2, 0) is 16.3 Å². The molecule has 0 saturated heterocycles. The van der Waals surface area contributed by atoms with Crippen LogP contribution >= 0.6 is 0 Å². The van der Waals surface area contributed by atoms with Gasteiger partial charge in [0, 0.05) is 12.7 Å². The Hall–Kier alpha value is -2.11. The van der Waals surface area contributed by atoms with Gasteiger partial charge in [-0.3, -0.25) is 0 Å². The third-order valence-corrected chi connectivity index (χ3v) is 6.00. The highest BCUT2D eigenvalue weighted by atomic mass is 32.2. The van der Waals surface area contributed by atoms with Gasteiger partial charge in [0.15, 0.2) is 9.84 Å². The lowest BCUT2D eigenvalue weighted by Crippen LogP contribution is -2.31. The number of benzene rings is 1. The first-order chi connectivity index (χ1) is 11.9. The van der Waals surface area contributed by atoms with Gasteiger partial charge in [0.05, 0.1) is 22.9 Å². The summed E-state index contributed by atoms with van der Waals surface area (Å²) in [4.78, 5) is 2.02. The van der Waals surface area contributed by atoms with E-state index in [1.165, 1.54) is 11.0 Å². The summed E-state index contributed by atoms with van der Waals surface area (Å²) in [5.74, 6) is 0.179. The van der Waals surface area contributed by atoms with Crippen LogP contribution in [0.1, 0.15) is 30.5 Å². The highest BCUT2D eigenvalue weighted by molar-refractivity contribution is 7.94. The predicted molar refractivity (Wildman–Crippen MR) is 102 cm³/mol. The zero-order chi connectivity index (χ0) is 18.0. The normalized spacial score (nSPS) is 19.7. The molecule has 0 amide bonds. The van der Waals surface area contributed by atoms with Gasteiger partial charge in [0.1, 0.15) is 0 Å². The van der Waals surface area contributed by atoms with E-state index in [4.69, 9.17) is 5.73 Å². The average molecular weight is 356 g/mol. The van der Waals surface area contributed by atoms with Gasteiger partial charge >= 0.3 is 0 Å². The quantitative estimate of drug-likeness (QED) is 0.823. The largest absolute Gasteiger partial charge is 0.346 e. The minimum atomic E-state index is -3.09. The summed E-state index contributed by atoms with van der Waals surface area (Å²) in [7, 11) is -3.09. The number of fused-ring (bicyclic) bond motifs is 1. The Morgan fingerprint density at radius 3 is 2.68 bits per heavy atom. The fraction of sp³-hybridized carbons (Fsp3) is 0.300. The maximum atomic E-state index is 11.9. The van der Waals surface area contributed by atoms with Gasteiger partial charge in [-0.1, -0.05) is 42.5 Å². The van der Waals surface area contributed by atoms with E-state index in [1.807, 2.05) is 42.3 Å². The van der Waals surface area contributed by atoms with E-state index in [0.29, 0.717) is 6.54 Å². The number of hydrogen-bond donors (Lipinski definition) is 1. The van der Waals surface area contributed by atoms with Crippen LogP contribution in [0.4, 0.5) is 0 Å². The van der Waals surface area contributed by atoms with Crippen LogP contribution in [0.25, 0.3) is 0 Å². The number of allylic oxidation sites excluding steroid dienone is 3. The molecule has 0 spiro atoms. The van der Waals surface area contributed by atoms with E-state index in [1.54, 1.807) is 0 Å². The molecule has 3 rings (SSSR count). The summed E-state index contributed by atoms with van der Waals surface area (Å²) in [5, 5.41) is 1.42. The predicted octanol–water partition coefficient (Wildman–Crippen LogP) is 3.22. The topological polar surface area (TPSA) is 63.4 Å². The number of aryl methyl sites for hydroxylation is 1.